The van der Waals surface area contributed by atoms with Gasteiger partial charge >= 0.3 is 0 Å². The van der Waals surface area contributed by atoms with E-state index in [4.69, 9.17) is 0 Å². The van der Waals surface area contributed by atoms with E-state index in [2.05, 4.69) is 21.2 Å². The number of nitrogens with zero attached hydrogens (tertiary/aromatic N) is 1. The maximum atomic E-state index is 12.1. The molecule has 22 heavy (non-hydrogen) atoms. The number of anilines is 1. The number of amides is 2. The van der Waals surface area contributed by atoms with Crippen LogP contribution in [0.4, 0.5) is 5.69 Å². The van der Waals surface area contributed by atoms with Gasteiger partial charge in [0.15, 0.2) is 0 Å². The van der Waals surface area contributed by atoms with Gasteiger partial charge in [-0.15, -0.1) is 0 Å². The fourth-order valence-corrected chi connectivity index (χ4v) is 3.42. The van der Waals surface area contributed by atoms with Crippen LogP contribution in [-0.4, -0.2) is 24.9 Å². The molecule has 0 saturated heterocycles. The molecule has 1 aliphatic carbocycles. The Morgan fingerprint density at radius 1 is 1.23 bits per heavy atom. The van der Waals surface area contributed by atoms with Crippen molar-refractivity contribution in [3.8, 4) is 0 Å². The number of hydrogen-bond donors (Lipinski definition) is 1. The first kappa shape index (κ1) is 17.0. The number of halogens is 1. The summed E-state index contributed by atoms with van der Waals surface area (Å²) in [5.41, 5.74) is 0.835. The third-order valence-electron chi connectivity index (χ3n) is 4.13. The topological polar surface area (TPSA) is 49.4 Å². The molecule has 0 radical (unpaired) electrons. The SMILES string of the molecule is CC(=O)N(CCNC(=O)C1CCCCC1)c1ccccc1Br. The summed E-state index contributed by atoms with van der Waals surface area (Å²) in [4.78, 5) is 25.7. The highest BCUT2D eigenvalue weighted by atomic mass is 79.9. The first-order valence-corrected chi connectivity index (χ1v) is 8.69. The molecule has 1 fully saturated rings. The Morgan fingerprint density at radius 3 is 2.55 bits per heavy atom. The predicted molar refractivity (Wildman–Crippen MR) is 91.8 cm³/mol. The zero-order valence-corrected chi connectivity index (χ0v) is 14.6. The van der Waals surface area contributed by atoms with E-state index >= 15 is 0 Å². The molecule has 1 aliphatic rings. The average molecular weight is 367 g/mol. The summed E-state index contributed by atoms with van der Waals surface area (Å²) in [6.07, 6.45) is 5.52. The third kappa shape index (κ3) is 4.57. The summed E-state index contributed by atoms with van der Waals surface area (Å²) in [5, 5.41) is 2.98. The monoisotopic (exact) mass is 366 g/mol. The quantitative estimate of drug-likeness (QED) is 0.866. The first-order chi connectivity index (χ1) is 10.6. The van der Waals surface area contributed by atoms with E-state index in [1.54, 1.807) is 11.8 Å². The normalized spacial score (nSPS) is 15.4. The van der Waals surface area contributed by atoms with Crippen LogP contribution in [0.1, 0.15) is 39.0 Å². The van der Waals surface area contributed by atoms with Gasteiger partial charge < -0.3 is 10.2 Å². The zero-order chi connectivity index (χ0) is 15.9. The Hall–Kier alpha value is -1.36. The Kier molecular flexibility index (Phi) is 6.43. The van der Waals surface area contributed by atoms with Crippen molar-refractivity contribution in [1.29, 1.82) is 0 Å². The van der Waals surface area contributed by atoms with E-state index in [0.717, 1.165) is 35.8 Å². The van der Waals surface area contributed by atoms with Gasteiger partial charge in [0, 0.05) is 30.4 Å². The van der Waals surface area contributed by atoms with Gasteiger partial charge in [-0.2, -0.15) is 0 Å². The van der Waals surface area contributed by atoms with Crippen LogP contribution < -0.4 is 10.2 Å². The van der Waals surface area contributed by atoms with E-state index in [9.17, 15) is 9.59 Å². The van der Waals surface area contributed by atoms with Gasteiger partial charge in [0.1, 0.15) is 0 Å². The molecule has 0 unspecified atom stereocenters. The Labute approximate surface area is 140 Å². The largest absolute Gasteiger partial charge is 0.354 e. The van der Waals surface area contributed by atoms with Gasteiger partial charge in [-0.05, 0) is 40.9 Å². The van der Waals surface area contributed by atoms with Gasteiger partial charge in [0.2, 0.25) is 11.8 Å². The van der Waals surface area contributed by atoms with Gasteiger partial charge in [0.25, 0.3) is 0 Å². The molecule has 1 saturated carbocycles. The highest BCUT2D eigenvalue weighted by Gasteiger charge is 2.21. The van der Waals surface area contributed by atoms with Crippen LogP contribution >= 0.6 is 15.9 Å². The second kappa shape index (κ2) is 8.32. The minimum absolute atomic E-state index is 0.0289. The molecule has 2 rings (SSSR count). The summed E-state index contributed by atoms with van der Waals surface area (Å²) in [7, 11) is 0. The van der Waals surface area contributed by atoms with Crippen LogP contribution in [0.25, 0.3) is 0 Å². The summed E-state index contributed by atoms with van der Waals surface area (Å²) in [6.45, 7) is 2.51. The molecule has 1 N–H and O–H groups in total. The molecule has 5 heteroatoms. The van der Waals surface area contributed by atoms with Gasteiger partial charge in [-0.1, -0.05) is 31.4 Å². The molecule has 1 aromatic rings. The second-order valence-corrected chi connectivity index (χ2v) is 6.60. The molecule has 0 atom stereocenters. The molecule has 1 aromatic carbocycles. The van der Waals surface area contributed by atoms with Crippen molar-refractivity contribution in [3.63, 3.8) is 0 Å². The van der Waals surface area contributed by atoms with Gasteiger partial charge in [0.05, 0.1) is 5.69 Å². The molecule has 4 nitrogen and oxygen atoms in total. The second-order valence-electron chi connectivity index (χ2n) is 5.75. The Balaban J connectivity index is 1.88. The average Bonchev–Trinajstić information content (AvgIpc) is 2.53. The number of carbonyl (C=O) groups excluding carboxylic acids is 2. The van der Waals surface area contributed by atoms with Crippen molar-refractivity contribution in [3.05, 3.63) is 28.7 Å². The zero-order valence-electron chi connectivity index (χ0n) is 13.0. The van der Waals surface area contributed by atoms with Crippen LogP contribution in [0.3, 0.4) is 0 Å². The number of nitrogens with one attached hydrogen (secondary N) is 1. The molecule has 0 bridgehead atoms. The fraction of sp³-hybridized carbons (Fsp3) is 0.529. The van der Waals surface area contributed by atoms with Crippen molar-refractivity contribution < 1.29 is 9.59 Å². The summed E-state index contributed by atoms with van der Waals surface area (Å²) in [6, 6.07) is 7.62. The number of hydrogen-bond acceptors (Lipinski definition) is 2. The van der Waals surface area contributed by atoms with E-state index in [1.165, 1.54) is 6.42 Å². The molecule has 2 amide bonds. The van der Waals surface area contributed by atoms with Crippen molar-refractivity contribution in [1.82, 2.24) is 5.32 Å². The van der Waals surface area contributed by atoms with Crippen molar-refractivity contribution in [2.75, 3.05) is 18.0 Å². The summed E-state index contributed by atoms with van der Waals surface area (Å²) < 4.78 is 0.879. The highest BCUT2D eigenvalue weighted by molar-refractivity contribution is 9.10. The van der Waals surface area contributed by atoms with E-state index < -0.39 is 0 Å². The van der Waals surface area contributed by atoms with Crippen molar-refractivity contribution in [2.45, 2.75) is 39.0 Å². The fourth-order valence-electron chi connectivity index (χ4n) is 2.92. The molecule has 0 aromatic heterocycles. The lowest BCUT2D eigenvalue weighted by Crippen LogP contribution is -2.40. The summed E-state index contributed by atoms with van der Waals surface area (Å²) in [5.74, 6) is 0.261. The van der Waals surface area contributed by atoms with Gasteiger partial charge in [-0.3, -0.25) is 9.59 Å². The molecule has 120 valence electrons. The highest BCUT2D eigenvalue weighted by Crippen LogP contribution is 2.26. The van der Waals surface area contributed by atoms with E-state index in [-0.39, 0.29) is 17.7 Å². The maximum Gasteiger partial charge on any atom is 0.223 e. The number of benzene rings is 1. The summed E-state index contributed by atoms with van der Waals surface area (Å²) >= 11 is 3.47. The smallest absolute Gasteiger partial charge is 0.223 e. The minimum Gasteiger partial charge on any atom is -0.354 e. The van der Waals surface area contributed by atoms with Gasteiger partial charge in [-0.25, -0.2) is 0 Å². The lowest BCUT2D eigenvalue weighted by molar-refractivity contribution is -0.126. The standard InChI is InChI=1S/C17H23BrN2O2/c1-13(21)20(16-10-6-5-9-15(16)18)12-11-19-17(22)14-7-3-2-4-8-14/h5-6,9-10,14H,2-4,7-8,11-12H2,1H3,(H,19,22). The molecule has 0 heterocycles. The first-order valence-electron chi connectivity index (χ1n) is 7.90. The number of rotatable bonds is 5. The minimum atomic E-state index is -0.0289. The van der Waals surface area contributed by atoms with Crippen LogP contribution in [0, 0.1) is 5.92 Å². The van der Waals surface area contributed by atoms with Crippen LogP contribution in [0.2, 0.25) is 0 Å². The number of para-hydroxylation sites is 1. The van der Waals surface area contributed by atoms with E-state index in [0.29, 0.717) is 13.1 Å². The molecule has 0 aliphatic heterocycles. The predicted octanol–water partition coefficient (Wildman–Crippen LogP) is 3.50. The lowest BCUT2D eigenvalue weighted by atomic mass is 9.89. The Morgan fingerprint density at radius 2 is 1.91 bits per heavy atom. The molecular weight excluding hydrogens is 344 g/mol. The van der Waals surface area contributed by atoms with Crippen LogP contribution in [0.15, 0.2) is 28.7 Å². The maximum absolute atomic E-state index is 12.1. The third-order valence-corrected chi connectivity index (χ3v) is 4.80. The van der Waals surface area contributed by atoms with Crippen molar-refractivity contribution >= 4 is 33.4 Å². The molecule has 0 spiro atoms. The van der Waals surface area contributed by atoms with Crippen LogP contribution in [0.5, 0.6) is 0 Å². The number of carbonyl (C=O) groups is 2. The Bertz CT molecular complexity index is 527. The van der Waals surface area contributed by atoms with Crippen LogP contribution in [-0.2, 0) is 9.59 Å². The lowest BCUT2D eigenvalue weighted by Gasteiger charge is -2.24. The van der Waals surface area contributed by atoms with E-state index in [1.807, 2.05) is 24.3 Å². The molecular formula is C17H23BrN2O2. The van der Waals surface area contributed by atoms with Crippen molar-refractivity contribution in [2.24, 2.45) is 5.92 Å².